The topological polar surface area (TPSA) is 43.2 Å². The van der Waals surface area contributed by atoms with Gasteiger partial charge in [-0.3, -0.25) is 9.88 Å². The maximum atomic E-state index is 5.68. The lowest BCUT2D eigenvalue weighted by atomic mass is 9.81. The second-order valence-corrected chi connectivity index (χ2v) is 17.7. The maximum Gasteiger partial charge on any atom is 0.163 e. The van der Waals surface area contributed by atoms with Crippen LogP contribution in [0.3, 0.4) is 0 Å². The Bertz CT molecular complexity index is 1100. The van der Waals surface area contributed by atoms with Crippen LogP contribution in [0.5, 0.6) is 0 Å². The number of pyridine rings is 1. The fourth-order valence-electron chi connectivity index (χ4n) is 5.58. The minimum Gasteiger partial charge on any atom is -0.380 e. The maximum absolute atomic E-state index is 5.68. The zero-order chi connectivity index (χ0) is 23.9. The Labute approximate surface area is 209 Å². The summed E-state index contributed by atoms with van der Waals surface area (Å²) in [5, 5.41) is 1.54. The number of rotatable bonds is 4. The minimum atomic E-state index is -1.80. The van der Waals surface area contributed by atoms with Crippen LogP contribution in [-0.4, -0.2) is 59.7 Å². The molecule has 5 nitrogen and oxygen atoms in total. The van der Waals surface area contributed by atoms with Gasteiger partial charge in [-0.05, 0) is 54.7 Å². The van der Waals surface area contributed by atoms with Gasteiger partial charge in [0.1, 0.15) is 5.65 Å². The van der Waals surface area contributed by atoms with E-state index in [0.717, 1.165) is 31.4 Å². The highest BCUT2D eigenvalue weighted by Crippen LogP contribution is 2.43. The highest BCUT2D eigenvalue weighted by atomic mass is 32.1. The van der Waals surface area contributed by atoms with Gasteiger partial charge in [0.25, 0.3) is 0 Å². The summed E-state index contributed by atoms with van der Waals surface area (Å²) in [5.74, 6) is 0.613. The molecule has 3 aromatic rings. The van der Waals surface area contributed by atoms with Gasteiger partial charge in [-0.1, -0.05) is 33.9 Å². The lowest BCUT2D eigenvalue weighted by Crippen LogP contribution is -2.45. The van der Waals surface area contributed by atoms with Crippen molar-refractivity contribution in [2.75, 3.05) is 26.3 Å². The van der Waals surface area contributed by atoms with E-state index in [1.54, 1.807) is 11.3 Å². The Morgan fingerprint density at radius 2 is 1.85 bits per heavy atom. The molecule has 1 aliphatic carbocycles. The highest BCUT2D eigenvalue weighted by molar-refractivity contribution is 7.13. The predicted octanol–water partition coefficient (Wildman–Crippen LogP) is 6.76. The average molecular weight is 497 g/mol. The van der Waals surface area contributed by atoms with E-state index in [4.69, 9.17) is 9.72 Å². The third kappa shape index (κ3) is 4.52. The minimum absolute atomic E-state index is 0.237. The third-order valence-corrected chi connectivity index (χ3v) is 14.8. The van der Waals surface area contributed by atoms with Gasteiger partial charge in [0.2, 0.25) is 0 Å². The summed E-state index contributed by atoms with van der Waals surface area (Å²) in [7, 11) is -1.80. The molecule has 7 heteroatoms. The Hall–Kier alpha value is -1.54. The van der Waals surface area contributed by atoms with Gasteiger partial charge in [0, 0.05) is 55.3 Å². The normalized spacial score (nSPS) is 23.3. The van der Waals surface area contributed by atoms with E-state index in [0.29, 0.717) is 5.92 Å². The highest BCUT2D eigenvalue weighted by Gasteiger charge is 2.39. The van der Waals surface area contributed by atoms with Crippen molar-refractivity contribution in [2.24, 2.45) is 0 Å². The molecule has 0 bridgehead atoms. The van der Waals surface area contributed by atoms with Crippen molar-refractivity contribution in [2.45, 2.75) is 83.0 Å². The van der Waals surface area contributed by atoms with Gasteiger partial charge < -0.3 is 8.97 Å². The van der Waals surface area contributed by atoms with Crippen molar-refractivity contribution in [1.29, 1.82) is 0 Å². The number of aromatic nitrogens is 3. The van der Waals surface area contributed by atoms with Crippen LogP contribution in [0, 0.1) is 0 Å². The molecule has 1 aliphatic heterocycles. The molecule has 184 valence electrons. The quantitative estimate of drug-likeness (QED) is 0.374. The molecule has 0 N–H and O–H groups in total. The zero-order valence-electron chi connectivity index (χ0n) is 21.5. The fourth-order valence-corrected chi connectivity index (χ4v) is 8.11. The van der Waals surface area contributed by atoms with Gasteiger partial charge in [0.05, 0.1) is 17.0 Å². The van der Waals surface area contributed by atoms with Gasteiger partial charge in [-0.25, -0.2) is 4.98 Å². The summed E-state index contributed by atoms with van der Waals surface area (Å²) in [6, 6.07) is 3.19. The Morgan fingerprint density at radius 1 is 1.06 bits per heavy atom. The summed E-state index contributed by atoms with van der Waals surface area (Å²) < 4.78 is 8.22. The summed E-state index contributed by atoms with van der Waals surface area (Å²) in [5.41, 5.74) is 5.81. The molecule has 0 amide bonds. The van der Waals surface area contributed by atoms with Crippen LogP contribution >= 0.6 is 11.3 Å². The summed E-state index contributed by atoms with van der Waals surface area (Å²) in [6.07, 6.45) is 12.8. The Balaban J connectivity index is 1.44. The molecular formula is C27H40N4OSSi. The molecule has 4 heterocycles. The fraction of sp³-hybridized carbons (Fsp3) is 0.630. The van der Waals surface area contributed by atoms with Crippen molar-refractivity contribution in [3.05, 3.63) is 35.7 Å². The van der Waals surface area contributed by atoms with Crippen LogP contribution in [0.25, 0.3) is 21.5 Å². The summed E-state index contributed by atoms with van der Waals surface area (Å²) in [6.45, 7) is 16.2. The molecule has 1 saturated carbocycles. The van der Waals surface area contributed by atoms with E-state index in [1.165, 1.54) is 60.0 Å². The number of thiazole rings is 1. The first-order valence-electron chi connectivity index (χ1n) is 13.0. The predicted molar refractivity (Wildman–Crippen MR) is 145 cm³/mol. The van der Waals surface area contributed by atoms with E-state index in [9.17, 15) is 0 Å². The second kappa shape index (κ2) is 9.49. The van der Waals surface area contributed by atoms with E-state index in [-0.39, 0.29) is 5.04 Å². The molecule has 0 aromatic carbocycles. The van der Waals surface area contributed by atoms with Crippen LogP contribution in [0.15, 0.2) is 30.2 Å². The smallest absolute Gasteiger partial charge is 0.163 e. The van der Waals surface area contributed by atoms with Gasteiger partial charge >= 0.3 is 0 Å². The van der Waals surface area contributed by atoms with E-state index < -0.39 is 8.24 Å². The van der Waals surface area contributed by atoms with Gasteiger partial charge in [-0.15, -0.1) is 11.3 Å². The molecule has 0 spiro atoms. The van der Waals surface area contributed by atoms with Crippen LogP contribution in [0.4, 0.5) is 0 Å². The van der Waals surface area contributed by atoms with Crippen LogP contribution in [-0.2, 0) is 4.74 Å². The van der Waals surface area contributed by atoms with Gasteiger partial charge in [-0.2, -0.15) is 0 Å². The molecule has 0 atom stereocenters. The Morgan fingerprint density at radius 3 is 2.56 bits per heavy atom. The molecular weight excluding hydrogens is 456 g/mol. The molecule has 3 aromatic heterocycles. The summed E-state index contributed by atoms with van der Waals surface area (Å²) in [4.78, 5) is 13.5. The van der Waals surface area contributed by atoms with Crippen molar-refractivity contribution < 1.29 is 4.74 Å². The number of nitrogens with zero attached hydrogens (tertiary/aromatic N) is 4. The van der Waals surface area contributed by atoms with Crippen molar-refractivity contribution in [3.63, 3.8) is 0 Å². The number of fused-ring (bicyclic) bond motifs is 1. The largest absolute Gasteiger partial charge is 0.380 e. The molecule has 5 rings (SSSR count). The lowest BCUT2D eigenvalue weighted by molar-refractivity contribution is 0.118. The first-order valence-corrected chi connectivity index (χ1v) is 16.8. The zero-order valence-corrected chi connectivity index (χ0v) is 23.3. The third-order valence-electron chi connectivity index (χ3n) is 8.74. The molecule has 2 fully saturated rings. The van der Waals surface area contributed by atoms with Crippen molar-refractivity contribution >= 4 is 30.6 Å². The molecule has 2 aliphatic rings. The number of ether oxygens (including phenoxy) is 1. The van der Waals surface area contributed by atoms with E-state index in [2.05, 4.69) is 66.4 Å². The first-order chi connectivity index (χ1) is 16.3. The standard InChI is InChI=1S/C27H40N4OSSi/c1-27(2,3)34(4,5)31-18-24(25-17-28-19-33-25)23-15-21(16-29-26(23)31)20-7-9-22(10-8-20)30-11-6-13-32-14-12-30/h15-20,22H,6-14H2,1-5H3. The van der Waals surface area contributed by atoms with E-state index >= 15 is 0 Å². The molecule has 1 saturated heterocycles. The molecule has 0 radical (unpaired) electrons. The van der Waals surface area contributed by atoms with Crippen LogP contribution in [0.1, 0.15) is 64.4 Å². The number of hydrogen-bond acceptors (Lipinski definition) is 5. The summed E-state index contributed by atoms with van der Waals surface area (Å²) >= 11 is 1.73. The van der Waals surface area contributed by atoms with Crippen molar-refractivity contribution in [1.82, 2.24) is 19.1 Å². The number of hydrogen-bond donors (Lipinski definition) is 0. The van der Waals surface area contributed by atoms with Crippen LogP contribution < -0.4 is 0 Å². The van der Waals surface area contributed by atoms with Crippen LogP contribution in [0.2, 0.25) is 18.1 Å². The molecule has 0 unspecified atom stereocenters. The first kappa shape index (κ1) is 24.2. The van der Waals surface area contributed by atoms with Crippen molar-refractivity contribution in [3.8, 4) is 10.4 Å². The SMILES string of the molecule is CC(C)(C)[Si](C)(C)n1cc(-c2cncs2)c2cc(C3CCC(N4CCCOCC4)CC3)cnc21. The lowest BCUT2D eigenvalue weighted by Gasteiger charge is -2.38. The Kier molecular flexibility index (Phi) is 6.74. The monoisotopic (exact) mass is 496 g/mol. The van der Waals surface area contributed by atoms with Gasteiger partial charge in [0.15, 0.2) is 8.24 Å². The second-order valence-electron chi connectivity index (χ2n) is 11.7. The average Bonchev–Trinajstić information content (AvgIpc) is 3.39. The van der Waals surface area contributed by atoms with E-state index in [1.807, 2.05) is 11.7 Å². The molecule has 34 heavy (non-hydrogen) atoms.